The highest BCUT2D eigenvalue weighted by Crippen LogP contribution is 2.25. The van der Waals surface area contributed by atoms with E-state index in [2.05, 4.69) is 28.1 Å². The number of hydrogen-bond donors (Lipinski definition) is 1. The summed E-state index contributed by atoms with van der Waals surface area (Å²) in [6.07, 6.45) is 8.80. The molecule has 1 aliphatic carbocycles. The summed E-state index contributed by atoms with van der Waals surface area (Å²) in [6, 6.07) is 3.91. The van der Waals surface area contributed by atoms with Crippen molar-refractivity contribution in [3.05, 3.63) is 0 Å². The SMILES string of the molecule is CC(C#N)(CCCN1CCN2CCCCC2C1)NC1CC1. The van der Waals surface area contributed by atoms with Crippen molar-refractivity contribution in [1.29, 1.82) is 5.26 Å². The minimum atomic E-state index is -0.312. The second-order valence-corrected chi connectivity index (χ2v) is 7.45. The normalized spacial score (nSPS) is 30.4. The van der Waals surface area contributed by atoms with E-state index in [1.54, 1.807) is 0 Å². The Kier molecular flexibility index (Phi) is 4.83. The monoisotopic (exact) mass is 290 g/mol. The number of piperazine rings is 1. The van der Waals surface area contributed by atoms with Crippen LogP contribution in [0, 0.1) is 11.3 Å². The summed E-state index contributed by atoms with van der Waals surface area (Å²) < 4.78 is 0. The van der Waals surface area contributed by atoms with E-state index in [0.717, 1.165) is 25.4 Å². The Morgan fingerprint density at radius 1 is 1.19 bits per heavy atom. The molecule has 4 nitrogen and oxygen atoms in total. The molecule has 2 atom stereocenters. The summed E-state index contributed by atoms with van der Waals surface area (Å²) in [6.45, 7) is 8.27. The van der Waals surface area contributed by atoms with Gasteiger partial charge in [0.2, 0.25) is 0 Å². The van der Waals surface area contributed by atoms with Crippen molar-refractivity contribution < 1.29 is 0 Å². The molecule has 0 spiro atoms. The van der Waals surface area contributed by atoms with Gasteiger partial charge >= 0.3 is 0 Å². The van der Waals surface area contributed by atoms with Crippen LogP contribution in [0.15, 0.2) is 0 Å². The molecule has 2 heterocycles. The molecule has 1 saturated carbocycles. The van der Waals surface area contributed by atoms with E-state index in [1.165, 1.54) is 58.3 Å². The fourth-order valence-electron chi connectivity index (χ4n) is 3.92. The van der Waals surface area contributed by atoms with E-state index in [0.29, 0.717) is 6.04 Å². The van der Waals surface area contributed by atoms with Gasteiger partial charge in [0, 0.05) is 31.7 Å². The molecule has 0 radical (unpaired) electrons. The number of nitrogens with one attached hydrogen (secondary N) is 1. The number of nitriles is 1. The second kappa shape index (κ2) is 6.64. The Hall–Kier alpha value is -0.630. The molecule has 3 aliphatic rings. The lowest BCUT2D eigenvalue weighted by Crippen LogP contribution is -2.55. The first-order chi connectivity index (χ1) is 10.2. The molecule has 4 heteroatoms. The Morgan fingerprint density at radius 3 is 2.81 bits per heavy atom. The van der Waals surface area contributed by atoms with Crippen molar-refractivity contribution in [2.24, 2.45) is 0 Å². The van der Waals surface area contributed by atoms with Crippen LogP contribution in [-0.2, 0) is 0 Å². The molecular formula is C17H30N4. The van der Waals surface area contributed by atoms with Crippen LogP contribution in [-0.4, -0.2) is 60.1 Å². The van der Waals surface area contributed by atoms with Crippen LogP contribution in [0.4, 0.5) is 0 Å². The van der Waals surface area contributed by atoms with Crippen molar-refractivity contribution >= 4 is 0 Å². The Labute approximate surface area is 129 Å². The van der Waals surface area contributed by atoms with Crippen LogP contribution < -0.4 is 5.32 Å². The fourth-order valence-corrected chi connectivity index (χ4v) is 3.92. The van der Waals surface area contributed by atoms with E-state index in [-0.39, 0.29) is 5.54 Å². The zero-order valence-corrected chi connectivity index (χ0v) is 13.5. The van der Waals surface area contributed by atoms with Gasteiger partial charge in [0.25, 0.3) is 0 Å². The van der Waals surface area contributed by atoms with E-state index >= 15 is 0 Å². The smallest absolute Gasteiger partial charge is 0.104 e. The fraction of sp³-hybridized carbons (Fsp3) is 0.941. The van der Waals surface area contributed by atoms with E-state index in [1.807, 2.05) is 0 Å². The highest BCUT2D eigenvalue weighted by molar-refractivity contribution is 5.07. The van der Waals surface area contributed by atoms with Gasteiger partial charge in [-0.2, -0.15) is 5.26 Å². The molecule has 3 rings (SSSR count). The summed E-state index contributed by atoms with van der Waals surface area (Å²) >= 11 is 0. The standard InChI is InChI=1S/C17H30N4/c1-17(14-18,19-15-6-7-15)8-4-9-20-11-12-21-10-3-2-5-16(21)13-20/h15-16,19H,2-13H2,1H3. The number of piperidine rings is 1. The summed E-state index contributed by atoms with van der Waals surface area (Å²) in [5.74, 6) is 0. The summed E-state index contributed by atoms with van der Waals surface area (Å²) in [7, 11) is 0. The summed E-state index contributed by atoms with van der Waals surface area (Å²) in [4.78, 5) is 5.31. The van der Waals surface area contributed by atoms with Crippen molar-refractivity contribution in [2.75, 3.05) is 32.7 Å². The topological polar surface area (TPSA) is 42.3 Å². The predicted molar refractivity (Wildman–Crippen MR) is 85.1 cm³/mol. The van der Waals surface area contributed by atoms with E-state index < -0.39 is 0 Å². The molecule has 0 aromatic heterocycles. The molecule has 2 saturated heterocycles. The van der Waals surface area contributed by atoms with Gasteiger partial charge in [-0.15, -0.1) is 0 Å². The van der Waals surface area contributed by atoms with Crippen LogP contribution in [0.3, 0.4) is 0 Å². The van der Waals surface area contributed by atoms with Gasteiger partial charge in [0.1, 0.15) is 5.54 Å². The predicted octanol–water partition coefficient (Wildman–Crippen LogP) is 1.97. The van der Waals surface area contributed by atoms with Crippen molar-refractivity contribution in [2.45, 2.75) is 69.5 Å². The molecule has 118 valence electrons. The Balaban J connectivity index is 1.39. The quantitative estimate of drug-likeness (QED) is 0.812. The third-order valence-corrected chi connectivity index (χ3v) is 5.42. The highest BCUT2D eigenvalue weighted by Gasteiger charge is 2.33. The minimum absolute atomic E-state index is 0.312. The minimum Gasteiger partial charge on any atom is -0.301 e. The number of rotatable bonds is 6. The average molecular weight is 290 g/mol. The van der Waals surface area contributed by atoms with Crippen molar-refractivity contribution in [3.63, 3.8) is 0 Å². The first-order valence-electron chi connectivity index (χ1n) is 8.84. The zero-order valence-electron chi connectivity index (χ0n) is 13.5. The third-order valence-electron chi connectivity index (χ3n) is 5.42. The second-order valence-electron chi connectivity index (χ2n) is 7.45. The molecule has 2 aliphatic heterocycles. The van der Waals surface area contributed by atoms with Gasteiger partial charge in [-0.25, -0.2) is 0 Å². The number of hydrogen-bond acceptors (Lipinski definition) is 4. The molecule has 0 aromatic rings. The van der Waals surface area contributed by atoms with Crippen LogP contribution >= 0.6 is 0 Å². The average Bonchev–Trinajstić information content (AvgIpc) is 3.31. The molecule has 0 aromatic carbocycles. The lowest BCUT2D eigenvalue weighted by Gasteiger charge is -2.44. The van der Waals surface area contributed by atoms with Crippen LogP contribution in [0.25, 0.3) is 0 Å². The summed E-state index contributed by atoms with van der Waals surface area (Å²) in [5.41, 5.74) is -0.312. The van der Waals surface area contributed by atoms with E-state index in [4.69, 9.17) is 0 Å². The van der Waals surface area contributed by atoms with E-state index in [9.17, 15) is 5.26 Å². The summed E-state index contributed by atoms with van der Waals surface area (Å²) in [5, 5.41) is 12.9. The maximum absolute atomic E-state index is 9.42. The molecular weight excluding hydrogens is 260 g/mol. The van der Waals surface area contributed by atoms with Crippen molar-refractivity contribution in [1.82, 2.24) is 15.1 Å². The van der Waals surface area contributed by atoms with Gasteiger partial charge in [0.15, 0.2) is 0 Å². The lowest BCUT2D eigenvalue weighted by atomic mass is 9.96. The van der Waals surface area contributed by atoms with Gasteiger partial charge < -0.3 is 4.90 Å². The first kappa shape index (κ1) is 15.3. The first-order valence-corrected chi connectivity index (χ1v) is 8.84. The van der Waals surface area contributed by atoms with Gasteiger partial charge in [0.05, 0.1) is 6.07 Å². The molecule has 3 fully saturated rings. The molecule has 1 N–H and O–H groups in total. The lowest BCUT2D eigenvalue weighted by molar-refractivity contribution is 0.0480. The van der Waals surface area contributed by atoms with Gasteiger partial charge in [-0.3, -0.25) is 10.2 Å². The zero-order chi connectivity index (χ0) is 14.7. The molecule has 21 heavy (non-hydrogen) atoms. The van der Waals surface area contributed by atoms with Crippen LogP contribution in [0.2, 0.25) is 0 Å². The molecule has 2 unspecified atom stereocenters. The number of fused-ring (bicyclic) bond motifs is 1. The third kappa shape index (κ3) is 4.18. The Bertz CT molecular complexity index is 387. The number of nitrogens with zero attached hydrogens (tertiary/aromatic N) is 3. The largest absolute Gasteiger partial charge is 0.301 e. The van der Waals surface area contributed by atoms with Gasteiger partial charge in [-0.05, 0) is 58.5 Å². The van der Waals surface area contributed by atoms with Gasteiger partial charge in [-0.1, -0.05) is 6.42 Å². The maximum atomic E-state index is 9.42. The molecule has 0 bridgehead atoms. The van der Waals surface area contributed by atoms with Crippen molar-refractivity contribution in [3.8, 4) is 6.07 Å². The molecule has 0 amide bonds. The Morgan fingerprint density at radius 2 is 2.05 bits per heavy atom. The van der Waals surface area contributed by atoms with Crippen LogP contribution in [0.5, 0.6) is 0 Å². The van der Waals surface area contributed by atoms with Crippen LogP contribution in [0.1, 0.15) is 51.9 Å². The maximum Gasteiger partial charge on any atom is 0.104 e. The highest BCUT2D eigenvalue weighted by atomic mass is 15.3.